The number of anilines is 3. The van der Waals surface area contributed by atoms with E-state index in [0.717, 1.165) is 34.9 Å². The van der Waals surface area contributed by atoms with Gasteiger partial charge >= 0.3 is 0 Å². The van der Waals surface area contributed by atoms with Crippen LogP contribution in [-0.4, -0.2) is 68.5 Å². The Labute approximate surface area is 214 Å². The average molecular weight is 499 g/mol. The number of aromatic nitrogens is 4. The molecule has 2 aromatic carbocycles. The van der Waals surface area contributed by atoms with Crippen LogP contribution in [0.3, 0.4) is 0 Å². The van der Waals surface area contributed by atoms with E-state index < -0.39 is 0 Å². The molecule has 3 heterocycles. The van der Waals surface area contributed by atoms with Gasteiger partial charge in [-0.1, -0.05) is 36.9 Å². The molecule has 1 aliphatic rings. The average Bonchev–Trinajstić information content (AvgIpc) is 3.29. The van der Waals surface area contributed by atoms with E-state index in [9.17, 15) is 9.59 Å². The van der Waals surface area contributed by atoms with Crippen molar-refractivity contribution in [3.05, 3.63) is 60.9 Å². The van der Waals surface area contributed by atoms with Crippen molar-refractivity contribution in [2.45, 2.75) is 25.3 Å². The normalized spacial score (nSPS) is 15.6. The lowest BCUT2D eigenvalue weighted by Crippen LogP contribution is -2.40. The maximum Gasteiger partial charge on any atom is 0.246 e. The molecule has 0 spiro atoms. The maximum absolute atomic E-state index is 12.4. The number of carbonyl (C=O) groups excluding carboxylic acids is 2. The van der Waals surface area contributed by atoms with Gasteiger partial charge in [0.05, 0.1) is 12.5 Å². The number of nitrogens with zero attached hydrogens (tertiary/aromatic N) is 6. The smallest absolute Gasteiger partial charge is 0.246 e. The van der Waals surface area contributed by atoms with Crippen LogP contribution < -0.4 is 11.1 Å². The third kappa shape index (κ3) is 4.57. The molecule has 1 unspecified atom stereocenters. The highest BCUT2D eigenvalue weighted by molar-refractivity contribution is 6.03. The van der Waals surface area contributed by atoms with Crippen molar-refractivity contribution in [3.8, 4) is 0 Å². The molecule has 0 radical (unpaired) electrons. The minimum absolute atomic E-state index is 0.0389. The molecular formula is C27H30N8O2. The van der Waals surface area contributed by atoms with Crippen LogP contribution in [-0.2, 0) is 16.0 Å². The van der Waals surface area contributed by atoms with Gasteiger partial charge in [0.2, 0.25) is 11.8 Å². The fraction of sp³-hybridized carbons (Fsp3) is 0.296. The van der Waals surface area contributed by atoms with Crippen molar-refractivity contribution in [2.75, 3.05) is 38.2 Å². The minimum Gasteiger partial charge on any atom is -0.383 e. The summed E-state index contributed by atoms with van der Waals surface area (Å²) >= 11 is 0. The van der Waals surface area contributed by atoms with Gasteiger partial charge in [0.1, 0.15) is 17.5 Å². The van der Waals surface area contributed by atoms with E-state index in [1.54, 1.807) is 23.9 Å². The lowest BCUT2D eigenvalue weighted by Gasteiger charge is -2.32. The van der Waals surface area contributed by atoms with Crippen LogP contribution in [0, 0.1) is 0 Å². The first kappa shape index (κ1) is 24.2. The van der Waals surface area contributed by atoms with Gasteiger partial charge in [0, 0.05) is 38.3 Å². The molecule has 10 heteroatoms. The lowest BCUT2D eigenvalue weighted by molar-refractivity contribution is -0.128. The molecule has 190 valence electrons. The molecule has 2 aromatic heterocycles. The molecule has 0 aliphatic carbocycles. The number of amides is 2. The zero-order valence-electron chi connectivity index (χ0n) is 21.0. The molecule has 10 nitrogen and oxygen atoms in total. The van der Waals surface area contributed by atoms with E-state index in [1.807, 2.05) is 41.1 Å². The molecule has 0 bridgehead atoms. The summed E-state index contributed by atoms with van der Waals surface area (Å²) in [5, 5.41) is 10.9. The first-order chi connectivity index (χ1) is 17.9. The number of hydrogen-bond acceptors (Lipinski definition) is 7. The first-order valence-corrected chi connectivity index (χ1v) is 12.2. The zero-order valence-corrected chi connectivity index (χ0v) is 21.0. The van der Waals surface area contributed by atoms with Crippen molar-refractivity contribution >= 4 is 50.9 Å². The van der Waals surface area contributed by atoms with Crippen LogP contribution >= 0.6 is 0 Å². The maximum atomic E-state index is 12.4. The zero-order chi connectivity index (χ0) is 26.1. The van der Waals surface area contributed by atoms with Crippen LogP contribution in [0.2, 0.25) is 0 Å². The third-order valence-electron chi connectivity index (χ3n) is 6.85. The van der Waals surface area contributed by atoms with Gasteiger partial charge in [-0.25, -0.2) is 14.6 Å². The van der Waals surface area contributed by atoms with Gasteiger partial charge in [-0.15, -0.1) is 0 Å². The van der Waals surface area contributed by atoms with Gasteiger partial charge in [-0.3, -0.25) is 9.59 Å². The number of fused-ring (bicyclic) bond motifs is 2. The van der Waals surface area contributed by atoms with E-state index in [0.29, 0.717) is 42.2 Å². The fourth-order valence-electron chi connectivity index (χ4n) is 4.89. The van der Waals surface area contributed by atoms with Crippen LogP contribution in [0.25, 0.3) is 21.8 Å². The van der Waals surface area contributed by atoms with Crippen molar-refractivity contribution in [3.63, 3.8) is 0 Å². The number of nitrogen functional groups attached to an aromatic ring is 1. The Kier molecular flexibility index (Phi) is 6.47. The third-order valence-corrected chi connectivity index (χ3v) is 6.85. The highest BCUT2D eigenvalue weighted by atomic mass is 16.2. The number of hydrogen-bond donors (Lipinski definition) is 2. The SMILES string of the molecule is C=CC(=O)N1CCCC(n2nc(Nc3ccc(CC(=O)N(C)C)c4ccccc34)c3c(N)ncnc32)C1. The second-order valence-corrected chi connectivity index (χ2v) is 9.44. The Bertz CT molecular complexity index is 1510. The van der Waals surface area contributed by atoms with Gasteiger partial charge in [-0.2, -0.15) is 5.10 Å². The summed E-state index contributed by atoms with van der Waals surface area (Å²) in [6.07, 6.45) is 4.80. The van der Waals surface area contributed by atoms with Gasteiger partial charge < -0.3 is 20.9 Å². The number of likely N-dealkylation sites (N-methyl/N-ethyl adjacent to an activating group) is 1. The van der Waals surface area contributed by atoms with E-state index in [2.05, 4.69) is 21.9 Å². The van der Waals surface area contributed by atoms with E-state index in [-0.39, 0.29) is 17.9 Å². The minimum atomic E-state index is -0.0899. The van der Waals surface area contributed by atoms with Crippen LogP contribution in [0.4, 0.5) is 17.3 Å². The van der Waals surface area contributed by atoms with Crippen molar-refractivity contribution in [2.24, 2.45) is 0 Å². The summed E-state index contributed by atoms with van der Waals surface area (Å²) < 4.78 is 1.85. The number of likely N-dealkylation sites (tertiary alicyclic amines) is 1. The van der Waals surface area contributed by atoms with Gasteiger partial charge in [-0.05, 0) is 35.9 Å². The van der Waals surface area contributed by atoms with Crippen LogP contribution in [0.5, 0.6) is 0 Å². The molecule has 3 N–H and O–H groups in total. The highest BCUT2D eigenvalue weighted by Gasteiger charge is 2.28. The predicted octanol–water partition coefficient (Wildman–Crippen LogP) is 3.29. The Morgan fingerprint density at radius 1 is 1.19 bits per heavy atom. The standard InChI is InChI=1S/C27H30N8O2/c1-4-22(36)34-13-7-8-18(15-34)35-27-24(25(28)29-16-30-27)26(32-35)31-21-12-11-17(14-23(37)33(2)3)19-9-5-6-10-20(19)21/h4-6,9-12,16,18H,1,7-8,13-15H2,2-3H3,(H,31,32)(H2,28,29,30). The molecule has 5 rings (SSSR count). The summed E-state index contributed by atoms with van der Waals surface area (Å²) in [7, 11) is 3.51. The molecule has 2 amide bonds. The molecule has 37 heavy (non-hydrogen) atoms. The van der Waals surface area contributed by atoms with Crippen molar-refractivity contribution in [1.82, 2.24) is 29.5 Å². The summed E-state index contributed by atoms with van der Waals surface area (Å²) in [6, 6.07) is 11.8. The Morgan fingerprint density at radius 3 is 2.73 bits per heavy atom. The summed E-state index contributed by atoms with van der Waals surface area (Å²) in [5.41, 5.74) is 8.71. The van der Waals surface area contributed by atoms with Crippen molar-refractivity contribution < 1.29 is 9.59 Å². The quantitative estimate of drug-likeness (QED) is 0.391. The molecule has 1 aliphatic heterocycles. The van der Waals surface area contributed by atoms with Crippen molar-refractivity contribution in [1.29, 1.82) is 0 Å². The molecule has 0 saturated carbocycles. The number of nitrogens with two attached hydrogens (primary N) is 1. The molecule has 1 saturated heterocycles. The largest absolute Gasteiger partial charge is 0.383 e. The predicted molar refractivity (Wildman–Crippen MR) is 144 cm³/mol. The highest BCUT2D eigenvalue weighted by Crippen LogP contribution is 2.35. The number of piperidine rings is 1. The van der Waals surface area contributed by atoms with Crippen LogP contribution in [0.15, 0.2) is 55.4 Å². The molecular weight excluding hydrogens is 468 g/mol. The van der Waals surface area contributed by atoms with E-state index >= 15 is 0 Å². The second-order valence-electron chi connectivity index (χ2n) is 9.44. The number of benzene rings is 2. The van der Waals surface area contributed by atoms with E-state index in [4.69, 9.17) is 10.8 Å². The topological polar surface area (TPSA) is 122 Å². The Morgan fingerprint density at radius 2 is 1.97 bits per heavy atom. The van der Waals surface area contributed by atoms with E-state index in [1.165, 1.54) is 12.4 Å². The summed E-state index contributed by atoms with van der Waals surface area (Å²) in [4.78, 5) is 36.7. The summed E-state index contributed by atoms with van der Waals surface area (Å²) in [5.74, 6) is 0.818. The van der Waals surface area contributed by atoms with Gasteiger partial charge in [0.15, 0.2) is 11.5 Å². The fourth-order valence-corrected chi connectivity index (χ4v) is 4.89. The van der Waals surface area contributed by atoms with Crippen LogP contribution in [0.1, 0.15) is 24.4 Å². The lowest BCUT2D eigenvalue weighted by atomic mass is 10.00. The molecule has 4 aromatic rings. The second kappa shape index (κ2) is 9.88. The number of carbonyl (C=O) groups is 2. The molecule has 1 atom stereocenters. The monoisotopic (exact) mass is 498 g/mol. The Hall–Kier alpha value is -4.47. The number of nitrogens with one attached hydrogen (secondary N) is 1. The number of rotatable bonds is 6. The van der Waals surface area contributed by atoms with Gasteiger partial charge in [0.25, 0.3) is 0 Å². The first-order valence-electron chi connectivity index (χ1n) is 12.2. The molecule has 1 fully saturated rings. The summed E-state index contributed by atoms with van der Waals surface area (Å²) in [6.45, 7) is 4.83. The Balaban J connectivity index is 1.55.